The minimum atomic E-state index is 0.111. The molecule has 3 aromatic rings. The molecule has 0 saturated carbocycles. The largest absolute Gasteiger partial charge is 0.341 e. The molecular formula is C16H17ClN4. The van der Waals surface area contributed by atoms with Crippen LogP contribution in [0, 0.1) is 0 Å². The normalized spacial score (nSPS) is 14.2. The van der Waals surface area contributed by atoms with Crippen LogP contribution >= 0.6 is 11.6 Å². The number of pyridine rings is 1. The molecule has 0 amide bonds. The molecule has 2 unspecified atom stereocenters. The van der Waals surface area contributed by atoms with Gasteiger partial charge in [-0.25, -0.2) is 4.98 Å². The Labute approximate surface area is 128 Å². The molecule has 108 valence electrons. The summed E-state index contributed by atoms with van der Waals surface area (Å²) in [5, 5.41) is 4.25. The number of benzene rings is 1. The Morgan fingerprint density at radius 1 is 1.10 bits per heavy atom. The van der Waals surface area contributed by atoms with E-state index >= 15 is 0 Å². The minimum absolute atomic E-state index is 0.111. The quantitative estimate of drug-likeness (QED) is 0.765. The molecule has 4 nitrogen and oxygen atoms in total. The highest BCUT2D eigenvalue weighted by atomic mass is 35.5. The summed E-state index contributed by atoms with van der Waals surface area (Å²) in [5.74, 6) is 0.910. The van der Waals surface area contributed by atoms with Crippen LogP contribution in [0.1, 0.15) is 37.3 Å². The van der Waals surface area contributed by atoms with Crippen molar-refractivity contribution >= 4 is 22.6 Å². The zero-order valence-corrected chi connectivity index (χ0v) is 12.7. The van der Waals surface area contributed by atoms with E-state index in [9.17, 15) is 0 Å². The Balaban J connectivity index is 1.79. The highest BCUT2D eigenvalue weighted by Gasteiger charge is 2.14. The van der Waals surface area contributed by atoms with E-state index in [-0.39, 0.29) is 12.1 Å². The molecule has 0 spiro atoms. The molecule has 0 aliphatic heterocycles. The van der Waals surface area contributed by atoms with Gasteiger partial charge in [0.05, 0.1) is 17.1 Å². The monoisotopic (exact) mass is 300 g/mol. The van der Waals surface area contributed by atoms with Gasteiger partial charge in [-0.3, -0.25) is 4.98 Å². The van der Waals surface area contributed by atoms with Gasteiger partial charge in [-0.05, 0) is 49.7 Å². The van der Waals surface area contributed by atoms with Gasteiger partial charge >= 0.3 is 0 Å². The fraction of sp³-hybridized carbons (Fsp3) is 0.250. The summed E-state index contributed by atoms with van der Waals surface area (Å²) in [4.78, 5) is 12.0. The van der Waals surface area contributed by atoms with Crippen LogP contribution < -0.4 is 5.32 Å². The number of halogens is 1. The summed E-state index contributed by atoms with van der Waals surface area (Å²) in [5.41, 5.74) is 3.10. The molecule has 0 saturated heterocycles. The number of fused-ring (bicyclic) bond motifs is 1. The van der Waals surface area contributed by atoms with Gasteiger partial charge in [0, 0.05) is 23.5 Å². The van der Waals surface area contributed by atoms with Crippen molar-refractivity contribution in [1.82, 2.24) is 20.3 Å². The van der Waals surface area contributed by atoms with Crippen molar-refractivity contribution < 1.29 is 0 Å². The fourth-order valence-corrected chi connectivity index (χ4v) is 2.58. The molecule has 1 aromatic carbocycles. The van der Waals surface area contributed by atoms with Crippen LogP contribution in [0.25, 0.3) is 11.0 Å². The van der Waals surface area contributed by atoms with E-state index in [1.807, 2.05) is 30.3 Å². The standard InChI is InChI=1S/C16H17ClN4/c1-10(12-5-7-18-8-6-12)19-11(2)16-20-14-4-3-13(17)9-15(14)21-16/h3-11,19H,1-2H3,(H,20,21). The molecule has 2 aromatic heterocycles. The molecular weight excluding hydrogens is 284 g/mol. The lowest BCUT2D eigenvalue weighted by molar-refractivity contribution is 0.480. The summed E-state index contributed by atoms with van der Waals surface area (Å²) in [6.07, 6.45) is 3.61. The summed E-state index contributed by atoms with van der Waals surface area (Å²) < 4.78 is 0. The second-order valence-corrected chi connectivity index (χ2v) is 5.61. The summed E-state index contributed by atoms with van der Waals surface area (Å²) in [6.45, 7) is 4.22. The summed E-state index contributed by atoms with van der Waals surface area (Å²) in [7, 11) is 0. The Morgan fingerprint density at radius 2 is 1.86 bits per heavy atom. The van der Waals surface area contributed by atoms with E-state index in [0.29, 0.717) is 5.02 Å². The van der Waals surface area contributed by atoms with E-state index in [1.165, 1.54) is 5.56 Å². The van der Waals surface area contributed by atoms with Gasteiger partial charge in [0.15, 0.2) is 0 Å². The highest BCUT2D eigenvalue weighted by molar-refractivity contribution is 6.31. The van der Waals surface area contributed by atoms with E-state index in [2.05, 4.69) is 34.1 Å². The number of hydrogen-bond acceptors (Lipinski definition) is 3. The molecule has 5 heteroatoms. The van der Waals surface area contributed by atoms with Gasteiger partial charge in [-0.15, -0.1) is 0 Å². The number of hydrogen-bond donors (Lipinski definition) is 2. The van der Waals surface area contributed by atoms with Crippen molar-refractivity contribution in [1.29, 1.82) is 0 Å². The van der Waals surface area contributed by atoms with Gasteiger partial charge in [-0.1, -0.05) is 11.6 Å². The van der Waals surface area contributed by atoms with E-state index in [1.54, 1.807) is 12.4 Å². The van der Waals surface area contributed by atoms with Crippen molar-refractivity contribution in [2.75, 3.05) is 0 Å². The van der Waals surface area contributed by atoms with Crippen LogP contribution in [0.15, 0.2) is 42.7 Å². The first-order valence-electron chi connectivity index (χ1n) is 6.94. The first-order valence-corrected chi connectivity index (χ1v) is 7.32. The SMILES string of the molecule is CC(NC(C)c1nc2ccc(Cl)cc2[nH]1)c1ccncc1. The molecule has 0 radical (unpaired) electrons. The molecule has 21 heavy (non-hydrogen) atoms. The molecule has 0 fully saturated rings. The maximum absolute atomic E-state index is 6.00. The summed E-state index contributed by atoms with van der Waals surface area (Å²) in [6, 6.07) is 10.0. The zero-order valence-electron chi connectivity index (χ0n) is 12.0. The minimum Gasteiger partial charge on any atom is -0.341 e. The Bertz CT molecular complexity index is 738. The number of nitrogens with one attached hydrogen (secondary N) is 2. The van der Waals surface area contributed by atoms with E-state index < -0.39 is 0 Å². The molecule has 2 heterocycles. The fourth-order valence-electron chi connectivity index (χ4n) is 2.41. The van der Waals surface area contributed by atoms with Gasteiger partial charge in [0.1, 0.15) is 5.82 Å². The lowest BCUT2D eigenvalue weighted by Crippen LogP contribution is -2.23. The predicted molar refractivity (Wildman–Crippen MR) is 85.3 cm³/mol. The van der Waals surface area contributed by atoms with Crippen molar-refractivity contribution in [2.24, 2.45) is 0 Å². The molecule has 0 bridgehead atoms. The van der Waals surface area contributed by atoms with E-state index in [4.69, 9.17) is 11.6 Å². The molecule has 2 N–H and O–H groups in total. The highest BCUT2D eigenvalue weighted by Crippen LogP contribution is 2.22. The van der Waals surface area contributed by atoms with Crippen molar-refractivity contribution in [3.05, 3.63) is 59.1 Å². The number of H-pyrrole nitrogens is 1. The predicted octanol–water partition coefficient (Wildman–Crippen LogP) is 4.02. The third kappa shape index (κ3) is 3.06. The maximum Gasteiger partial charge on any atom is 0.124 e. The number of imidazole rings is 1. The Kier molecular flexibility index (Phi) is 3.90. The number of aromatic amines is 1. The first kappa shape index (κ1) is 14.0. The van der Waals surface area contributed by atoms with Crippen molar-refractivity contribution in [3.63, 3.8) is 0 Å². The molecule has 0 aliphatic carbocycles. The number of nitrogens with zero attached hydrogens (tertiary/aromatic N) is 2. The van der Waals surface area contributed by atoms with Crippen molar-refractivity contribution in [2.45, 2.75) is 25.9 Å². The Morgan fingerprint density at radius 3 is 2.62 bits per heavy atom. The third-order valence-corrected chi connectivity index (χ3v) is 3.81. The third-order valence-electron chi connectivity index (χ3n) is 3.58. The molecule has 2 atom stereocenters. The molecule has 3 rings (SSSR count). The summed E-state index contributed by atoms with van der Waals surface area (Å²) >= 11 is 6.00. The van der Waals surface area contributed by atoms with Gasteiger partial charge in [0.25, 0.3) is 0 Å². The van der Waals surface area contributed by atoms with Crippen LogP contribution in [0.2, 0.25) is 5.02 Å². The number of aromatic nitrogens is 3. The molecule has 0 aliphatic rings. The smallest absolute Gasteiger partial charge is 0.124 e. The average Bonchev–Trinajstić information content (AvgIpc) is 2.91. The van der Waals surface area contributed by atoms with Crippen LogP contribution in [-0.2, 0) is 0 Å². The topological polar surface area (TPSA) is 53.6 Å². The lowest BCUT2D eigenvalue weighted by Gasteiger charge is -2.18. The zero-order chi connectivity index (χ0) is 14.8. The lowest BCUT2D eigenvalue weighted by atomic mass is 10.1. The first-order chi connectivity index (χ1) is 10.1. The van der Waals surface area contributed by atoms with Crippen LogP contribution in [0.4, 0.5) is 0 Å². The average molecular weight is 301 g/mol. The van der Waals surface area contributed by atoms with Crippen LogP contribution in [0.5, 0.6) is 0 Å². The van der Waals surface area contributed by atoms with E-state index in [0.717, 1.165) is 16.9 Å². The van der Waals surface area contributed by atoms with Gasteiger partial charge in [-0.2, -0.15) is 0 Å². The van der Waals surface area contributed by atoms with Crippen molar-refractivity contribution in [3.8, 4) is 0 Å². The second kappa shape index (κ2) is 5.84. The van der Waals surface area contributed by atoms with Crippen LogP contribution in [-0.4, -0.2) is 15.0 Å². The van der Waals surface area contributed by atoms with Gasteiger partial charge in [0.2, 0.25) is 0 Å². The number of rotatable bonds is 4. The van der Waals surface area contributed by atoms with Gasteiger partial charge < -0.3 is 10.3 Å². The second-order valence-electron chi connectivity index (χ2n) is 5.17. The maximum atomic E-state index is 6.00. The Hall–Kier alpha value is -1.91. The van der Waals surface area contributed by atoms with Crippen LogP contribution in [0.3, 0.4) is 0 Å².